The molecule has 0 spiro atoms. The van der Waals surface area contributed by atoms with Crippen molar-refractivity contribution >= 4 is 5.69 Å². The highest BCUT2D eigenvalue weighted by molar-refractivity contribution is 5.46. The van der Waals surface area contributed by atoms with E-state index in [0.717, 1.165) is 30.2 Å². The minimum atomic E-state index is 0.392. The van der Waals surface area contributed by atoms with Crippen LogP contribution in [0.5, 0.6) is 0 Å². The van der Waals surface area contributed by atoms with Crippen molar-refractivity contribution in [2.24, 2.45) is 0 Å². The molecular weight excluding hydrogens is 224 g/mol. The van der Waals surface area contributed by atoms with Gasteiger partial charge in [-0.15, -0.1) is 10.2 Å². The lowest BCUT2D eigenvalue weighted by atomic mass is 10.1. The summed E-state index contributed by atoms with van der Waals surface area (Å²) in [7, 11) is 0. The minimum Gasteiger partial charge on any atom is -0.399 e. The minimum absolute atomic E-state index is 0.392. The third-order valence-electron chi connectivity index (χ3n) is 3.13. The van der Waals surface area contributed by atoms with E-state index in [-0.39, 0.29) is 0 Å². The van der Waals surface area contributed by atoms with Crippen molar-refractivity contribution in [3.05, 3.63) is 41.5 Å². The number of rotatable bonds is 4. The maximum Gasteiger partial charge on any atom is 0.133 e. The van der Waals surface area contributed by atoms with E-state index in [9.17, 15) is 0 Å². The summed E-state index contributed by atoms with van der Waals surface area (Å²) in [6.45, 7) is 6.29. The zero-order chi connectivity index (χ0) is 13.1. The van der Waals surface area contributed by atoms with Crippen molar-refractivity contribution < 1.29 is 0 Å². The van der Waals surface area contributed by atoms with Gasteiger partial charge in [0.05, 0.1) is 0 Å². The summed E-state index contributed by atoms with van der Waals surface area (Å²) in [5.74, 6) is 2.01. The Morgan fingerprint density at radius 2 is 1.89 bits per heavy atom. The van der Waals surface area contributed by atoms with Crippen LogP contribution in [0.1, 0.15) is 37.1 Å². The first kappa shape index (κ1) is 12.6. The zero-order valence-corrected chi connectivity index (χ0v) is 11.2. The largest absolute Gasteiger partial charge is 0.399 e. The number of nitrogen functional groups attached to an aromatic ring is 1. The standard InChI is InChI=1S/C14H20N4/c1-10(2)18-11(3)16-17-14(18)9-8-12-6-4-5-7-13(12)15/h4-7,10H,8-9,15H2,1-3H3. The highest BCUT2D eigenvalue weighted by atomic mass is 15.3. The lowest BCUT2D eigenvalue weighted by molar-refractivity contribution is 0.552. The highest BCUT2D eigenvalue weighted by Gasteiger charge is 2.11. The van der Waals surface area contributed by atoms with Crippen LogP contribution >= 0.6 is 0 Å². The quantitative estimate of drug-likeness (QED) is 0.841. The third-order valence-corrected chi connectivity index (χ3v) is 3.13. The number of hydrogen-bond acceptors (Lipinski definition) is 3. The summed E-state index contributed by atoms with van der Waals surface area (Å²) in [5.41, 5.74) is 7.97. The van der Waals surface area contributed by atoms with Gasteiger partial charge in [0.2, 0.25) is 0 Å². The van der Waals surface area contributed by atoms with Gasteiger partial charge in [-0.3, -0.25) is 0 Å². The van der Waals surface area contributed by atoms with Gasteiger partial charge in [-0.2, -0.15) is 0 Å². The van der Waals surface area contributed by atoms with Crippen LogP contribution < -0.4 is 5.73 Å². The van der Waals surface area contributed by atoms with Gasteiger partial charge >= 0.3 is 0 Å². The average molecular weight is 244 g/mol. The van der Waals surface area contributed by atoms with Crippen LogP contribution in [0.2, 0.25) is 0 Å². The Labute approximate surface area is 108 Å². The molecule has 0 bridgehead atoms. The molecule has 0 fully saturated rings. The molecule has 18 heavy (non-hydrogen) atoms. The maximum atomic E-state index is 5.94. The first-order chi connectivity index (χ1) is 8.59. The number of aryl methyl sites for hydroxylation is 3. The Morgan fingerprint density at radius 3 is 2.56 bits per heavy atom. The Hall–Kier alpha value is -1.84. The first-order valence-electron chi connectivity index (χ1n) is 6.33. The average Bonchev–Trinajstić information content (AvgIpc) is 2.69. The number of nitrogens with two attached hydrogens (primary N) is 1. The molecule has 0 saturated carbocycles. The Kier molecular flexibility index (Phi) is 3.65. The molecule has 1 aromatic carbocycles. The summed E-state index contributed by atoms with van der Waals surface area (Å²) in [6.07, 6.45) is 1.77. The Bertz CT molecular complexity index is 528. The van der Waals surface area contributed by atoms with E-state index < -0.39 is 0 Å². The molecule has 2 aromatic rings. The fourth-order valence-corrected chi connectivity index (χ4v) is 2.26. The lowest BCUT2D eigenvalue weighted by Gasteiger charge is -2.12. The van der Waals surface area contributed by atoms with Crippen molar-refractivity contribution in [3.8, 4) is 0 Å². The lowest BCUT2D eigenvalue weighted by Crippen LogP contribution is -2.09. The molecule has 96 valence electrons. The van der Waals surface area contributed by atoms with Crippen molar-refractivity contribution in [1.82, 2.24) is 14.8 Å². The molecule has 4 nitrogen and oxygen atoms in total. The first-order valence-corrected chi connectivity index (χ1v) is 6.33. The van der Waals surface area contributed by atoms with Crippen LogP contribution in [0.3, 0.4) is 0 Å². The van der Waals surface area contributed by atoms with E-state index in [0.29, 0.717) is 6.04 Å². The van der Waals surface area contributed by atoms with Gasteiger partial charge in [-0.25, -0.2) is 0 Å². The van der Waals surface area contributed by atoms with Crippen LogP contribution in [0.25, 0.3) is 0 Å². The van der Waals surface area contributed by atoms with E-state index in [1.807, 2.05) is 25.1 Å². The molecule has 0 aliphatic rings. The predicted molar refractivity (Wildman–Crippen MR) is 73.4 cm³/mol. The molecule has 0 aliphatic heterocycles. The van der Waals surface area contributed by atoms with Gasteiger partial charge in [0, 0.05) is 18.2 Å². The molecule has 0 amide bonds. The molecule has 0 atom stereocenters. The molecule has 1 heterocycles. The van der Waals surface area contributed by atoms with Crippen LogP contribution in [0.4, 0.5) is 5.69 Å². The Morgan fingerprint density at radius 1 is 1.17 bits per heavy atom. The van der Waals surface area contributed by atoms with Crippen molar-refractivity contribution in [3.63, 3.8) is 0 Å². The number of para-hydroxylation sites is 1. The van der Waals surface area contributed by atoms with Gasteiger partial charge in [0.25, 0.3) is 0 Å². The fraction of sp³-hybridized carbons (Fsp3) is 0.429. The molecule has 4 heteroatoms. The van der Waals surface area contributed by atoms with Gasteiger partial charge in [0.15, 0.2) is 0 Å². The van der Waals surface area contributed by atoms with Gasteiger partial charge in [0.1, 0.15) is 11.6 Å². The van der Waals surface area contributed by atoms with E-state index in [4.69, 9.17) is 5.73 Å². The molecule has 0 radical (unpaired) electrons. The van der Waals surface area contributed by atoms with E-state index in [1.165, 1.54) is 5.56 Å². The summed E-state index contributed by atoms with van der Waals surface area (Å²) in [4.78, 5) is 0. The number of anilines is 1. The number of nitrogens with zero attached hydrogens (tertiary/aromatic N) is 3. The second kappa shape index (κ2) is 5.21. The molecule has 0 unspecified atom stereocenters. The molecule has 2 rings (SSSR count). The smallest absolute Gasteiger partial charge is 0.133 e. The van der Waals surface area contributed by atoms with E-state index in [1.54, 1.807) is 0 Å². The second-order valence-electron chi connectivity index (χ2n) is 4.83. The van der Waals surface area contributed by atoms with Crippen LogP contribution in [-0.2, 0) is 12.8 Å². The van der Waals surface area contributed by atoms with Crippen molar-refractivity contribution in [1.29, 1.82) is 0 Å². The number of hydrogen-bond donors (Lipinski definition) is 1. The topological polar surface area (TPSA) is 56.7 Å². The van der Waals surface area contributed by atoms with Crippen LogP contribution in [-0.4, -0.2) is 14.8 Å². The summed E-state index contributed by atoms with van der Waals surface area (Å²) >= 11 is 0. The Balaban J connectivity index is 2.14. The number of aromatic nitrogens is 3. The van der Waals surface area contributed by atoms with Crippen molar-refractivity contribution in [2.45, 2.75) is 39.7 Å². The SMILES string of the molecule is Cc1nnc(CCc2ccccc2N)n1C(C)C. The summed E-state index contributed by atoms with van der Waals surface area (Å²) in [6, 6.07) is 8.37. The van der Waals surface area contributed by atoms with Crippen LogP contribution in [0, 0.1) is 6.92 Å². The van der Waals surface area contributed by atoms with E-state index in [2.05, 4.69) is 34.7 Å². The molecular formula is C14H20N4. The van der Waals surface area contributed by atoms with Crippen LogP contribution in [0.15, 0.2) is 24.3 Å². The normalized spacial score (nSPS) is 11.1. The summed E-state index contributed by atoms with van der Waals surface area (Å²) < 4.78 is 2.18. The van der Waals surface area contributed by atoms with Gasteiger partial charge in [-0.1, -0.05) is 18.2 Å². The maximum absolute atomic E-state index is 5.94. The third kappa shape index (κ3) is 2.53. The molecule has 0 aliphatic carbocycles. The van der Waals surface area contributed by atoms with Gasteiger partial charge in [-0.05, 0) is 38.8 Å². The molecule has 2 N–H and O–H groups in total. The zero-order valence-electron chi connectivity index (χ0n) is 11.2. The predicted octanol–water partition coefficient (Wildman–Crippen LogP) is 2.53. The monoisotopic (exact) mass is 244 g/mol. The summed E-state index contributed by atoms with van der Waals surface area (Å²) in [5, 5.41) is 8.41. The van der Waals surface area contributed by atoms with E-state index >= 15 is 0 Å². The van der Waals surface area contributed by atoms with Gasteiger partial charge < -0.3 is 10.3 Å². The molecule has 1 aromatic heterocycles. The molecule has 0 saturated heterocycles. The second-order valence-corrected chi connectivity index (χ2v) is 4.83. The number of benzene rings is 1. The van der Waals surface area contributed by atoms with Crippen molar-refractivity contribution in [2.75, 3.05) is 5.73 Å². The fourth-order valence-electron chi connectivity index (χ4n) is 2.26. The highest BCUT2D eigenvalue weighted by Crippen LogP contribution is 2.16.